The van der Waals surface area contributed by atoms with Gasteiger partial charge >= 0.3 is 5.97 Å². The van der Waals surface area contributed by atoms with Crippen LogP contribution >= 0.6 is 11.6 Å². The van der Waals surface area contributed by atoms with E-state index in [2.05, 4.69) is 10.2 Å². The summed E-state index contributed by atoms with van der Waals surface area (Å²) in [5, 5.41) is 15.6. The molecule has 7 nitrogen and oxygen atoms in total. The van der Waals surface area contributed by atoms with Crippen LogP contribution in [0.3, 0.4) is 0 Å². The van der Waals surface area contributed by atoms with Crippen LogP contribution in [-0.2, 0) is 0 Å². The Balaban J connectivity index is 2.69. The van der Waals surface area contributed by atoms with Crippen LogP contribution in [0.15, 0.2) is 12.1 Å². The SMILES string of the molecule is COc1cc(Cl)c(-c2cc(C(=O)O)[nH]n2)c(OC)c1OC. The summed E-state index contributed by atoms with van der Waals surface area (Å²) in [6.45, 7) is 0. The molecule has 1 aromatic carbocycles. The number of carboxylic acids is 1. The first kappa shape index (κ1) is 15.0. The smallest absolute Gasteiger partial charge is 0.353 e. The first-order chi connectivity index (χ1) is 10.0. The van der Waals surface area contributed by atoms with E-state index >= 15 is 0 Å². The van der Waals surface area contributed by atoms with Gasteiger partial charge in [0, 0.05) is 6.07 Å². The number of aromatic carboxylic acids is 1. The Morgan fingerprint density at radius 3 is 2.33 bits per heavy atom. The number of methoxy groups -OCH3 is 3. The van der Waals surface area contributed by atoms with Crippen molar-refractivity contribution in [3.8, 4) is 28.5 Å². The first-order valence-corrected chi connectivity index (χ1v) is 6.18. The fraction of sp³-hybridized carbons (Fsp3) is 0.231. The minimum Gasteiger partial charge on any atom is -0.493 e. The van der Waals surface area contributed by atoms with E-state index < -0.39 is 5.97 Å². The van der Waals surface area contributed by atoms with Crippen LogP contribution in [0.4, 0.5) is 0 Å². The molecule has 0 fully saturated rings. The number of carboxylic acid groups (broad SMARTS) is 1. The third-order valence-electron chi connectivity index (χ3n) is 2.85. The van der Waals surface area contributed by atoms with Crippen molar-refractivity contribution in [3.05, 3.63) is 22.8 Å². The minimum atomic E-state index is -1.12. The lowest BCUT2D eigenvalue weighted by Crippen LogP contribution is -1.98. The van der Waals surface area contributed by atoms with Gasteiger partial charge in [-0.05, 0) is 6.07 Å². The molecule has 0 radical (unpaired) electrons. The summed E-state index contributed by atoms with van der Waals surface area (Å²) < 4.78 is 15.8. The van der Waals surface area contributed by atoms with E-state index in [1.165, 1.54) is 27.4 Å². The summed E-state index contributed by atoms with van der Waals surface area (Å²) in [6.07, 6.45) is 0. The molecular weight excluding hydrogens is 300 g/mol. The van der Waals surface area contributed by atoms with Gasteiger partial charge < -0.3 is 19.3 Å². The summed E-state index contributed by atoms with van der Waals surface area (Å²) in [4.78, 5) is 10.9. The Morgan fingerprint density at radius 1 is 1.19 bits per heavy atom. The van der Waals surface area contributed by atoms with Gasteiger partial charge in [-0.25, -0.2) is 4.79 Å². The molecule has 0 atom stereocenters. The molecule has 0 aliphatic carbocycles. The molecule has 0 aliphatic heterocycles. The molecular formula is C13H13ClN2O5. The van der Waals surface area contributed by atoms with Gasteiger partial charge in [-0.3, -0.25) is 5.10 Å². The Kier molecular flexibility index (Phi) is 4.23. The topological polar surface area (TPSA) is 93.7 Å². The molecule has 0 spiro atoms. The first-order valence-electron chi connectivity index (χ1n) is 5.81. The van der Waals surface area contributed by atoms with E-state index in [9.17, 15) is 4.79 Å². The van der Waals surface area contributed by atoms with Gasteiger partial charge in [-0.1, -0.05) is 11.6 Å². The number of halogens is 1. The number of H-pyrrole nitrogens is 1. The van der Waals surface area contributed by atoms with Crippen molar-refractivity contribution in [3.63, 3.8) is 0 Å². The fourth-order valence-corrected chi connectivity index (χ4v) is 2.21. The van der Waals surface area contributed by atoms with Crippen molar-refractivity contribution in [2.24, 2.45) is 0 Å². The quantitative estimate of drug-likeness (QED) is 0.880. The lowest BCUT2D eigenvalue weighted by atomic mass is 10.1. The van der Waals surface area contributed by atoms with Crippen molar-refractivity contribution in [2.75, 3.05) is 21.3 Å². The number of ether oxygens (including phenoxy) is 3. The summed E-state index contributed by atoms with van der Waals surface area (Å²) in [7, 11) is 4.39. The molecule has 1 heterocycles. The summed E-state index contributed by atoms with van der Waals surface area (Å²) in [5.41, 5.74) is 0.689. The van der Waals surface area contributed by atoms with Gasteiger partial charge in [0.05, 0.1) is 37.6 Å². The second kappa shape index (κ2) is 5.92. The maximum absolute atomic E-state index is 10.9. The van der Waals surface area contributed by atoms with Crippen LogP contribution in [0.1, 0.15) is 10.5 Å². The minimum absolute atomic E-state index is 0.0575. The molecule has 0 amide bonds. The zero-order valence-electron chi connectivity index (χ0n) is 11.6. The molecule has 2 rings (SSSR count). The maximum Gasteiger partial charge on any atom is 0.353 e. The average Bonchev–Trinajstić information content (AvgIpc) is 2.95. The van der Waals surface area contributed by atoms with Gasteiger partial charge in [-0.15, -0.1) is 0 Å². The van der Waals surface area contributed by atoms with Crippen molar-refractivity contribution < 1.29 is 24.1 Å². The highest BCUT2D eigenvalue weighted by molar-refractivity contribution is 6.34. The predicted molar refractivity (Wildman–Crippen MR) is 75.6 cm³/mol. The largest absolute Gasteiger partial charge is 0.493 e. The zero-order valence-corrected chi connectivity index (χ0v) is 12.3. The average molecular weight is 313 g/mol. The highest BCUT2D eigenvalue weighted by atomic mass is 35.5. The summed E-state index contributed by atoms with van der Waals surface area (Å²) in [6, 6.07) is 2.91. The van der Waals surface area contributed by atoms with Crippen molar-refractivity contribution >= 4 is 17.6 Å². The maximum atomic E-state index is 10.9. The Morgan fingerprint density at radius 2 is 1.86 bits per heavy atom. The standard InChI is InChI=1S/C13H13ClN2O5/c1-19-9-4-6(14)10(12(21-3)11(9)20-2)7-5-8(13(17)18)16-15-7/h4-5H,1-3H3,(H,15,16)(H,17,18). The Labute approximate surface area is 125 Å². The molecule has 0 aliphatic rings. The van der Waals surface area contributed by atoms with Gasteiger partial charge in [0.25, 0.3) is 0 Å². The van der Waals surface area contributed by atoms with Gasteiger partial charge in [0.1, 0.15) is 5.69 Å². The third-order valence-corrected chi connectivity index (χ3v) is 3.14. The van der Waals surface area contributed by atoms with Crippen molar-refractivity contribution in [1.29, 1.82) is 0 Å². The summed E-state index contributed by atoms with van der Waals surface area (Å²) >= 11 is 6.23. The van der Waals surface area contributed by atoms with Crippen LogP contribution in [0.5, 0.6) is 17.2 Å². The molecule has 112 valence electrons. The van der Waals surface area contributed by atoms with Crippen molar-refractivity contribution in [1.82, 2.24) is 10.2 Å². The molecule has 1 aromatic heterocycles. The number of hydrogen-bond donors (Lipinski definition) is 2. The lowest BCUT2D eigenvalue weighted by molar-refractivity contribution is 0.0690. The zero-order chi connectivity index (χ0) is 15.6. The van der Waals surface area contributed by atoms with Gasteiger partial charge in [0.2, 0.25) is 5.75 Å². The molecule has 0 unspecified atom stereocenters. The molecule has 8 heteroatoms. The lowest BCUT2D eigenvalue weighted by Gasteiger charge is -2.16. The fourth-order valence-electron chi connectivity index (χ4n) is 1.92. The van der Waals surface area contributed by atoms with E-state index in [1.54, 1.807) is 6.07 Å². The highest BCUT2D eigenvalue weighted by Crippen LogP contribution is 2.48. The normalized spacial score (nSPS) is 10.3. The second-order valence-electron chi connectivity index (χ2n) is 3.97. The van der Waals surface area contributed by atoms with E-state index in [-0.39, 0.29) is 5.69 Å². The van der Waals surface area contributed by atoms with Crippen LogP contribution in [0, 0.1) is 0 Å². The number of nitrogens with zero attached hydrogens (tertiary/aromatic N) is 1. The molecule has 0 bridgehead atoms. The number of hydrogen-bond acceptors (Lipinski definition) is 5. The number of aromatic nitrogens is 2. The van der Waals surface area contributed by atoms with Crippen LogP contribution in [0.2, 0.25) is 5.02 Å². The molecule has 21 heavy (non-hydrogen) atoms. The monoisotopic (exact) mass is 312 g/mol. The summed E-state index contributed by atoms with van der Waals surface area (Å²) in [5.74, 6) is -0.0639. The third kappa shape index (κ3) is 2.59. The molecule has 2 aromatic rings. The van der Waals surface area contributed by atoms with Crippen LogP contribution in [-0.4, -0.2) is 42.6 Å². The number of aromatic amines is 1. The van der Waals surface area contributed by atoms with Crippen LogP contribution < -0.4 is 14.2 Å². The molecule has 2 N–H and O–H groups in total. The Hall–Kier alpha value is -2.41. The van der Waals surface area contributed by atoms with E-state index in [0.29, 0.717) is 33.5 Å². The Bertz CT molecular complexity index is 683. The number of nitrogens with one attached hydrogen (secondary N) is 1. The number of carbonyl (C=O) groups is 1. The second-order valence-corrected chi connectivity index (χ2v) is 4.38. The van der Waals surface area contributed by atoms with E-state index in [1.807, 2.05) is 0 Å². The number of rotatable bonds is 5. The van der Waals surface area contributed by atoms with Crippen molar-refractivity contribution in [2.45, 2.75) is 0 Å². The van der Waals surface area contributed by atoms with Crippen LogP contribution in [0.25, 0.3) is 11.3 Å². The van der Waals surface area contributed by atoms with E-state index in [4.69, 9.17) is 30.9 Å². The van der Waals surface area contributed by atoms with Gasteiger partial charge in [-0.2, -0.15) is 5.10 Å². The number of benzene rings is 1. The van der Waals surface area contributed by atoms with E-state index in [0.717, 1.165) is 0 Å². The van der Waals surface area contributed by atoms with Gasteiger partial charge in [0.15, 0.2) is 11.5 Å². The molecule has 0 saturated heterocycles. The molecule has 0 saturated carbocycles. The highest BCUT2D eigenvalue weighted by Gasteiger charge is 2.23. The predicted octanol–water partition coefficient (Wildman–Crippen LogP) is 2.45.